The SMILES string of the molecule is CCCCCN(C)c1ccc(CC(C)N)c(Br)c1. The molecular weight excluding hydrogens is 288 g/mol. The molecule has 18 heavy (non-hydrogen) atoms. The number of hydrogen-bond acceptors (Lipinski definition) is 2. The number of nitrogens with two attached hydrogens (primary N) is 1. The van der Waals surface area contributed by atoms with E-state index >= 15 is 0 Å². The lowest BCUT2D eigenvalue weighted by molar-refractivity contribution is 0.704. The predicted octanol–water partition coefficient (Wildman–Crippen LogP) is 3.97. The predicted molar refractivity (Wildman–Crippen MR) is 84.3 cm³/mol. The summed E-state index contributed by atoms with van der Waals surface area (Å²) >= 11 is 3.64. The lowest BCUT2D eigenvalue weighted by Gasteiger charge is -2.20. The van der Waals surface area contributed by atoms with Crippen molar-refractivity contribution in [3.8, 4) is 0 Å². The monoisotopic (exact) mass is 312 g/mol. The number of halogens is 1. The van der Waals surface area contributed by atoms with Crippen molar-refractivity contribution in [3.63, 3.8) is 0 Å². The Bertz CT molecular complexity index is 364. The van der Waals surface area contributed by atoms with Crippen LogP contribution in [0.25, 0.3) is 0 Å². The summed E-state index contributed by atoms with van der Waals surface area (Å²) in [6.45, 7) is 5.39. The zero-order valence-corrected chi connectivity index (χ0v) is 13.3. The van der Waals surface area contributed by atoms with Gasteiger partial charge in [-0.15, -0.1) is 0 Å². The Kier molecular flexibility index (Phi) is 6.72. The maximum absolute atomic E-state index is 5.84. The first-order valence-corrected chi connectivity index (χ1v) is 7.59. The highest BCUT2D eigenvalue weighted by Gasteiger charge is 2.06. The van der Waals surface area contributed by atoms with Crippen LogP contribution in [0.15, 0.2) is 22.7 Å². The molecule has 0 amide bonds. The number of rotatable bonds is 7. The second-order valence-electron chi connectivity index (χ2n) is 5.09. The van der Waals surface area contributed by atoms with Gasteiger partial charge in [0.25, 0.3) is 0 Å². The first-order valence-electron chi connectivity index (χ1n) is 6.79. The first-order chi connectivity index (χ1) is 8.54. The van der Waals surface area contributed by atoms with E-state index in [2.05, 4.69) is 53.0 Å². The minimum absolute atomic E-state index is 0.203. The molecule has 1 unspecified atom stereocenters. The van der Waals surface area contributed by atoms with E-state index in [-0.39, 0.29) is 6.04 Å². The zero-order valence-electron chi connectivity index (χ0n) is 11.7. The highest BCUT2D eigenvalue weighted by molar-refractivity contribution is 9.10. The molecule has 0 saturated heterocycles. The van der Waals surface area contributed by atoms with E-state index in [1.54, 1.807) is 0 Å². The fraction of sp³-hybridized carbons (Fsp3) is 0.600. The third kappa shape index (κ3) is 4.99. The van der Waals surface area contributed by atoms with E-state index in [0.717, 1.165) is 13.0 Å². The summed E-state index contributed by atoms with van der Waals surface area (Å²) in [6, 6.07) is 6.77. The second kappa shape index (κ2) is 7.80. The molecule has 0 fully saturated rings. The van der Waals surface area contributed by atoms with E-state index in [4.69, 9.17) is 5.73 Å². The fourth-order valence-electron chi connectivity index (χ4n) is 2.01. The van der Waals surface area contributed by atoms with Crippen LogP contribution in [0.4, 0.5) is 5.69 Å². The molecule has 0 aliphatic carbocycles. The van der Waals surface area contributed by atoms with Crippen LogP contribution in [0.5, 0.6) is 0 Å². The van der Waals surface area contributed by atoms with Gasteiger partial charge in [0.15, 0.2) is 0 Å². The maximum Gasteiger partial charge on any atom is 0.0375 e. The first kappa shape index (κ1) is 15.5. The lowest BCUT2D eigenvalue weighted by Crippen LogP contribution is -2.20. The molecule has 0 bridgehead atoms. The molecule has 0 saturated carbocycles. The third-order valence-corrected chi connectivity index (χ3v) is 3.85. The molecule has 0 aliphatic rings. The summed E-state index contributed by atoms with van der Waals surface area (Å²) in [7, 11) is 2.16. The Labute approximate surface area is 120 Å². The molecule has 1 aromatic rings. The van der Waals surface area contributed by atoms with Gasteiger partial charge in [0, 0.05) is 29.8 Å². The minimum atomic E-state index is 0.203. The van der Waals surface area contributed by atoms with Crippen molar-refractivity contribution >= 4 is 21.6 Å². The van der Waals surface area contributed by atoms with Gasteiger partial charge in [0.2, 0.25) is 0 Å². The molecule has 2 N–H and O–H groups in total. The van der Waals surface area contributed by atoms with Crippen molar-refractivity contribution in [1.29, 1.82) is 0 Å². The minimum Gasteiger partial charge on any atom is -0.375 e. The average molecular weight is 313 g/mol. The van der Waals surface area contributed by atoms with Gasteiger partial charge in [0.1, 0.15) is 0 Å². The van der Waals surface area contributed by atoms with E-state index in [9.17, 15) is 0 Å². The van der Waals surface area contributed by atoms with Crippen molar-refractivity contribution < 1.29 is 0 Å². The van der Waals surface area contributed by atoms with Gasteiger partial charge in [-0.2, -0.15) is 0 Å². The third-order valence-electron chi connectivity index (χ3n) is 3.12. The number of benzene rings is 1. The summed E-state index contributed by atoms with van der Waals surface area (Å²) < 4.78 is 1.17. The van der Waals surface area contributed by atoms with Gasteiger partial charge < -0.3 is 10.6 Å². The molecular formula is C15H25BrN2. The van der Waals surface area contributed by atoms with Crippen LogP contribution in [0.2, 0.25) is 0 Å². The Morgan fingerprint density at radius 2 is 2.06 bits per heavy atom. The Morgan fingerprint density at radius 1 is 1.33 bits per heavy atom. The Balaban J connectivity index is 2.65. The largest absolute Gasteiger partial charge is 0.375 e. The van der Waals surface area contributed by atoms with Crippen LogP contribution in [-0.2, 0) is 6.42 Å². The topological polar surface area (TPSA) is 29.3 Å². The van der Waals surface area contributed by atoms with Gasteiger partial charge in [-0.05, 0) is 37.5 Å². The van der Waals surface area contributed by atoms with E-state index in [1.165, 1.54) is 35.0 Å². The highest BCUT2D eigenvalue weighted by Crippen LogP contribution is 2.24. The van der Waals surface area contributed by atoms with Crippen molar-refractivity contribution in [3.05, 3.63) is 28.2 Å². The summed E-state index contributed by atoms with van der Waals surface area (Å²) in [5.74, 6) is 0. The molecule has 1 rings (SSSR count). The van der Waals surface area contributed by atoms with E-state index < -0.39 is 0 Å². The normalized spacial score (nSPS) is 12.5. The fourth-order valence-corrected chi connectivity index (χ4v) is 2.54. The van der Waals surface area contributed by atoms with Gasteiger partial charge >= 0.3 is 0 Å². The van der Waals surface area contributed by atoms with Gasteiger partial charge in [-0.1, -0.05) is 41.8 Å². The quantitative estimate of drug-likeness (QED) is 0.772. The van der Waals surface area contributed by atoms with Crippen LogP contribution in [0.1, 0.15) is 38.7 Å². The number of unbranched alkanes of at least 4 members (excludes halogenated alkanes) is 2. The smallest absolute Gasteiger partial charge is 0.0375 e. The van der Waals surface area contributed by atoms with Crippen molar-refractivity contribution in [2.45, 2.75) is 45.6 Å². The van der Waals surface area contributed by atoms with Crippen molar-refractivity contribution in [2.24, 2.45) is 5.73 Å². The standard InChI is InChI=1S/C15H25BrN2/c1-4-5-6-9-18(3)14-8-7-13(10-12(2)17)15(16)11-14/h7-8,11-12H,4-6,9-10,17H2,1-3H3. The summed E-state index contributed by atoms with van der Waals surface area (Å²) in [4.78, 5) is 2.32. The van der Waals surface area contributed by atoms with Crippen LogP contribution in [-0.4, -0.2) is 19.6 Å². The summed E-state index contributed by atoms with van der Waals surface area (Å²) in [6.07, 6.45) is 4.74. The molecule has 0 heterocycles. The Hall–Kier alpha value is -0.540. The van der Waals surface area contributed by atoms with Crippen LogP contribution in [0.3, 0.4) is 0 Å². The molecule has 0 spiro atoms. The van der Waals surface area contributed by atoms with Gasteiger partial charge in [0.05, 0.1) is 0 Å². The number of nitrogens with zero attached hydrogens (tertiary/aromatic N) is 1. The molecule has 0 aliphatic heterocycles. The molecule has 3 heteroatoms. The average Bonchev–Trinajstić information content (AvgIpc) is 2.31. The highest BCUT2D eigenvalue weighted by atomic mass is 79.9. The molecule has 0 radical (unpaired) electrons. The van der Waals surface area contributed by atoms with Crippen molar-refractivity contribution in [1.82, 2.24) is 0 Å². The number of anilines is 1. The van der Waals surface area contributed by atoms with E-state index in [0.29, 0.717) is 0 Å². The molecule has 0 aromatic heterocycles. The maximum atomic E-state index is 5.84. The van der Waals surface area contributed by atoms with Crippen LogP contribution < -0.4 is 10.6 Å². The summed E-state index contributed by atoms with van der Waals surface area (Å²) in [5.41, 5.74) is 8.40. The molecule has 102 valence electrons. The second-order valence-corrected chi connectivity index (χ2v) is 5.94. The van der Waals surface area contributed by atoms with Gasteiger partial charge in [-0.3, -0.25) is 0 Å². The number of hydrogen-bond donors (Lipinski definition) is 1. The summed E-state index contributed by atoms with van der Waals surface area (Å²) in [5, 5.41) is 0. The van der Waals surface area contributed by atoms with E-state index in [1.807, 2.05) is 6.92 Å². The Morgan fingerprint density at radius 3 is 2.61 bits per heavy atom. The van der Waals surface area contributed by atoms with Crippen LogP contribution >= 0.6 is 15.9 Å². The van der Waals surface area contributed by atoms with Gasteiger partial charge in [-0.25, -0.2) is 0 Å². The van der Waals surface area contributed by atoms with Crippen LogP contribution in [0, 0.1) is 0 Å². The van der Waals surface area contributed by atoms with Crippen molar-refractivity contribution in [2.75, 3.05) is 18.5 Å². The molecule has 1 atom stereocenters. The molecule has 1 aromatic carbocycles. The molecule has 2 nitrogen and oxygen atoms in total. The zero-order chi connectivity index (χ0) is 13.5. The lowest BCUT2D eigenvalue weighted by atomic mass is 10.1.